The molecule has 5 nitrogen and oxygen atoms in total. The molecular weight excluding hydrogens is 284 g/mol. The number of carboxylic acids is 1. The fourth-order valence-corrected chi connectivity index (χ4v) is 2.29. The van der Waals surface area contributed by atoms with E-state index in [0.29, 0.717) is 6.42 Å². The van der Waals surface area contributed by atoms with Crippen molar-refractivity contribution in [1.82, 2.24) is 5.32 Å². The van der Waals surface area contributed by atoms with E-state index in [1.165, 1.54) is 13.2 Å². The molecule has 1 fully saturated rings. The van der Waals surface area contributed by atoms with Gasteiger partial charge in [-0.15, -0.1) is 0 Å². The predicted molar refractivity (Wildman–Crippen MR) is 68.6 cm³/mol. The Morgan fingerprint density at radius 3 is 2.57 bits per heavy atom. The lowest BCUT2D eigenvalue weighted by molar-refractivity contribution is -0.143. The van der Waals surface area contributed by atoms with Crippen LogP contribution < -0.4 is 5.32 Å². The largest absolute Gasteiger partial charge is 0.480 e. The van der Waals surface area contributed by atoms with E-state index in [1.54, 1.807) is 0 Å². The third-order valence-electron chi connectivity index (χ3n) is 3.45. The van der Waals surface area contributed by atoms with Gasteiger partial charge in [-0.25, -0.2) is 13.6 Å². The van der Waals surface area contributed by atoms with Crippen LogP contribution >= 0.6 is 0 Å². The van der Waals surface area contributed by atoms with Crippen LogP contribution in [0.25, 0.3) is 0 Å². The Kier molecular flexibility index (Phi) is 4.52. The average Bonchev–Trinajstić information content (AvgIpc) is 3.18. The van der Waals surface area contributed by atoms with Gasteiger partial charge in [-0.1, -0.05) is 6.07 Å². The second-order valence-electron chi connectivity index (χ2n) is 4.94. The molecule has 1 amide bonds. The summed E-state index contributed by atoms with van der Waals surface area (Å²) in [5.74, 6) is -4.31. The normalized spacial score (nSPS) is 21.7. The standard InChI is InChI=1S/C14H15F2NO4/c1-21-6-11(14(19)20)17-13(18)8-5-7(8)12-9(15)3-2-4-10(12)16/h2-4,7-8,11H,5-6H2,1H3,(H,17,18)(H,19,20). The molecule has 2 N–H and O–H groups in total. The van der Waals surface area contributed by atoms with Gasteiger partial charge in [0.25, 0.3) is 0 Å². The number of halogens is 2. The van der Waals surface area contributed by atoms with Crippen molar-refractivity contribution in [2.75, 3.05) is 13.7 Å². The minimum Gasteiger partial charge on any atom is -0.480 e. The fraction of sp³-hybridized carbons (Fsp3) is 0.429. The van der Waals surface area contributed by atoms with Crippen molar-refractivity contribution >= 4 is 11.9 Å². The van der Waals surface area contributed by atoms with Crippen LogP contribution in [0.15, 0.2) is 18.2 Å². The molecule has 1 saturated carbocycles. The molecule has 0 saturated heterocycles. The maximum atomic E-state index is 13.6. The Balaban J connectivity index is 2.02. The quantitative estimate of drug-likeness (QED) is 0.830. The first-order valence-electron chi connectivity index (χ1n) is 6.41. The molecule has 3 unspecified atom stereocenters. The highest BCUT2D eigenvalue weighted by molar-refractivity contribution is 5.87. The molecule has 3 atom stereocenters. The van der Waals surface area contributed by atoms with Crippen molar-refractivity contribution < 1.29 is 28.2 Å². The molecule has 0 spiro atoms. The molecule has 0 bridgehead atoms. The zero-order chi connectivity index (χ0) is 15.6. The number of benzene rings is 1. The average molecular weight is 299 g/mol. The molecule has 7 heteroatoms. The number of carbonyl (C=O) groups excluding carboxylic acids is 1. The Labute approximate surface area is 119 Å². The summed E-state index contributed by atoms with van der Waals surface area (Å²) in [7, 11) is 1.32. The molecule has 1 aromatic carbocycles. The van der Waals surface area contributed by atoms with Crippen molar-refractivity contribution in [3.8, 4) is 0 Å². The predicted octanol–water partition coefficient (Wildman–Crippen LogP) is 1.28. The van der Waals surface area contributed by atoms with Gasteiger partial charge in [-0.05, 0) is 18.6 Å². The number of carbonyl (C=O) groups is 2. The molecule has 0 heterocycles. The summed E-state index contributed by atoms with van der Waals surface area (Å²) >= 11 is 0. The summed E-state index contributed by atoms with van der Waals surface area (Å²) in [6.45, 7) is -0.174. The summed E-state index contributed by atoms with van der Waals surface area (Å²) in [6, 6.07) is 2.35. The maximum absolute atomic E-state index is 13.6. The molecule has 1 aromatic rings. The summed E-state index contributed by atoms with van der Waals surface area (Å²) in [4.78, 5) is 22.8. The Hall–Kier alpha value is -2.02. The summed E-state index contributed by atoms with van der Waals surface area (Å²) in [6.07, 6.45) is 0.295. The SMILES string of the molecule is COCC(NC(=O)C1CC1c1c(F)cccc1F)C(=O)O. The highest BCUT2D eigenvalue weighted by Crippen LogP contribution is 2.49. The van der Waals surface area contributed by atoms with Gasteiger partial charge in [0.15, 0.2) is 6.04 Å². The second-order valence-corrected chi connectivity index (χ2v) is 4.94. The molecule has 1 aliphatic rings. The molecule has 21 heavy (non-hydrogen) atoms. The van der Waals surface area contributed by atoms with E-state index in [0.717, 1.165) is 12.1 Å². The molecule has 0 radical (unpaired) electrons. The number of nitrogens with one attached hydrogen (secondary N) is 1. The van der Waals surface area contributed by atoms with Crippen LogP contribution in [-0.2, 0) is 14.3 Å². The molecule has 1 aliphatic carbocycles. The summed E-state index contributed by atoms with van der Waals surface area (Å²) in [5, 5.41) is 11.2. The zero-order valence-electron chi connectivity index (χ0n) is 11.3. The highest BCUT2D eigenvalue weighted by Gasteiger charge is 2.47. The smallest absolute Gasteiger partial charge is 0.328 e. The van der Waals surface area contributed by atoms with Gasteiger partial charge in [0.1, 0.15) is 11.6 Å². The lowest BCUT2D eigenvalue weighted by Gasteiger charge is -2.13. The summed E-state index contributed by atoms with van der Waals surface area (Å²) < 4.78 is 31.9. The minimum absolute atomic E-state index is 0.115. The van der Waals surface area contributed by atoms with E-state index in [-0.39, 0.29) is 12.2 Å². The number of ether oxygens (including phenoxy) is 1. The molecular formula is C14H15F2NO4. The minimum atomic E-state index is -1.22. The van der Waals surface area contributed by atoms with Gasteiger partial charge in [0, 0.05) is 24.5 Å². The first-order chi connectivity index (χ1) is 9.95. The maximum Gasteiger partial charge on any atom is 0.328 e. The van der Waals surface area contributed by atoms with Gasteiger partial charge in [-0.3, -0.25) is 4.79 Å². The number of amides is 1. The Morgan fingerprint density at radius 1 is 1.43 bits per heavy atom. The zero-order valence-corrected chi connectivity index (χ0v) is 11.3. The number of hydrogen-bond acceptors (Lipinski definition) is 3. The number of aliphatic carboxylic acids is 1. The second kappa shape index (κ2) is 6.17. The van der Waals surface area contributed by atoms with Gasteiger partial charge in [0.05, 0.1) is 6.61 Å². The van der Waals surface area contributed by atoms with E-state index in [4.69, 9.17) is 9.84 Å². The van der Waals surface area contributed by atoms with Crippen LogP contribution in [0.5, 0.6) is 0 Å². The van der Waals surface area contributed by atoms with Crippen LogP contribution in [0.1, 0.15) is 17.9 Å². The Bertz CT molecular complexity index is 544. The van der Waals surface area contributed by atoms with E-state index >= 15 is 0 Å². The van der Waals surface area contributed by atoms with Crippen molar-refractivity contribution in [3.63, 3.8) is 0 Å². The number of rotatable bonds is 6. The lowest BCUT2D eigenvalue weighted by atomic mass is 10.1. The van der Waals surface area contributed by atoms with E-state index < -0.39 is 41.4 Å². The van der Waals surface area contributed by atoms with E-state index in [9.17, 15) is 18.4 Å². The first-order valence-corrected chi connectivity index (χ1v) is 6.41. The van der Waals surface area contributed by atoms with Crippen molar-refractivity contribution in [2.24, 2.45) is 5.92 Å². The fourth-order valence-electron chi connectivity index (χ4n) is 2.29. The number of hydrogen-bond donors (Lipinski definition) is 2. The molecule has 0 aliphatic heterocycles. The summed E-state index contributed by atoms with van der Waals surface area (Å²) in [5.41, 5.74) is -0.115. The van der Waals surface area contributed by atoms with Gasteiger partial charge < -0.3 is 15.2 Å². The van der Waals surface area contributed by atoms with Crippen LogP contribution in [0, 0.1) is 17.6 Å². The van der Waals surface area contributed by atoms with Crippen LogP contribution in [-0.4, -0.2) is 36.7 Å². The number of carboxylic acid groups (broad SMARTS) is 1. The number of methoxy groups -OCH3 is 1. The molecule has 2 rings (SSSR count). The van der Waals surface area contributed by atoms with Gasteiger partial charge >= 0.3 is 5.97 Å². The topological polar surface area (TPSA) is 75.6 Å². The van der Waals surface area contributed by atoms with Crippen LogP contribution in [0.2, 0.25) is 0 Å². The molecule has 0 aromatic heterocycles. The lowest BCUT2D eigenvalue weighted by Crippen LogP contribution is -2.44. The monoisotopic (exact) mass is 299 g/mol. The van der Waals surface area contributed by atoms with E-state index in [2.05, 4.69) is 5.32 Å². The van der Waals surface area contributed by atoms with Gasteiger partial charge in [-0.2, -0.15) is 0 Å². The van der Waals surface area contributed by atoms with E-state index in [1.807, 2.05) is 0 Å². The Morgan fingerprint density at radius 2 is 2.05 bits per heavy atom. The first kappa shape index (κ1) is 15.4. The van der Waals surface area contributed by atoms with Crippen molar-refractivity contribution in [1.29, 1.82) is 0 Å². The highest BCUT2D eigenvalue weighted by atomic mass is 19.1. The van der Waals surface area contributed by atoms with Crippen LogP contribution in [0.3, 0.4) is 0 Å². The van der Waals surface area contributed by atoms with Gasteiger partial charge in [0.2, 0.25) is 5.91 Å². The van der Waals surface area contributed by atoms with Crippen molar-refractivity contribution in [3.05, 3.63) is 35.4 Å². The third-order valence-corrected chi connectivity index (χ3v) is 3.45. The van der Waals surface area contributed by atoms with Crippen molar-refractivity contribution in [2.45, 2.75) is 18.4 Å². The molecule has 114 valence electrons. The third kappa shape index (κ3) is 3.36. The van der Waals surface area contributed by atoms with Crippen LogP contribution in [0.4, 0.5) is 8.78 Å².